The number of rotatable bonds is 8. The van der Waals surface area contributed by atoms with E-state index in [4.69, 9.17) is 14.0 Å². The molecule has 1 saturated heterocycles. The van der Waals surface area contributed by atoms with Crippen molar-refractivity contribution < 1.29 is 18.8 Å². The summed E-state index contributed by atoms with van der Waals surface area (Å²) < 4.78 is 17.3. The molecule has 0 radical (unpaired) electrons. The van der Waals surface area contributed by atoms with Crippen LogP contribution in [-0.4, -0.2) is 30.9 Å². The van der Waals surface area contributed by atoms with Crippen LogP contribution in [0.3, 0.4) is 0 Å². The molecule has 0 bridgehead atoms. The van der Waals surface area contributed by atoms with Gasteiger partial charge in [0.1, 0.15) is 0 Å². The lowest BCUT2D eigenvalue weighted by molar-refractivity contribution is -0.138. The highest BCUT2D eigenvalue weighted by molar-refractivity contribution is 6.47. The Hall–Kier alpha value is -0.805. The predicted molar refractivity (Wildman–Crippen MR) is 89.7 cm³/mol. The predicted octanol–water partition coefficient (Wildman–Crippen LogP) is 4.15. The monoisotopic (exact) mass is 310 g/mol. The number of hydrogen-bond donors (Lipinski definition) is 0. The van der Waals surface area contributed by atoms with E-state index in [1.165, 1.54) is 0 Å². The van der Waals surface area contributed by atoms with Crippen molar-refractivity contribution in [2.24, 2.45) is 0 Å². The van der Waals surface area contributed by atoms with Gasteiger partial charge in [0.15, 0.2) is 0 Å². The fourth-order valence-electron chi connectivity index (χ4n) is 2.51. The molecule has 1 aliphatic rings. The van der Waals surface area contributed by atoms with Crippen molar-refractivity contribution in [2.75, 3.05) is 6.61 Å². The zero-order valence-electron chi connectivity index (χ0n) is 15.0. The van der Waals surface area contributed by atoms with Gasteiger partial charge < -0.3 is 14.0 Å². The Labute approximate surface area is 135 Å². The number of unbranched alkanes of at least 4 members (excludes halogenated alkanes) is 1. The summed E-state index contributed by atoms with van der Waals surface area (Å²) in [6.45, 7) is 16.4. The summed E-state index contributed by atoms with van der Waals surface area (Å²) in [7, 11) is -0.303. The van der Waals surface area contributed by atoms with Crippen LogP contribution < -0.4 is 0 Å². The maximum atomic E-state index is 11.8. The first-order chi connectivity index (χ1) is 10.1. The normalized spacial score (nSPS) is 20.7. The van der Waals surface area contributed by atoms with E-state index in [2.05, 4.69) is 13.5 Å². The second-order valence-corrected chi connectivity index (χ2v) is 7.06. The Balaban J connectivity index is 2.77. The maximum Gasteiger partial charge on any atom is 0.461 e. The van der Waals surface area contributed by atoms with Crippen molar-refractivity contribution in [1.29, 1.82) is 0 Å². The Bertz CT molecular complexity index is 387. The summed E-state index contributed by atoms with van der Waals surface area (Å²) in [4.78, 5) is 11.8. The van der Waals surface area contributed by atoms with Crippen molar-refractivity contribution in [3.8, 4) is 0 Å². The van der Waals surface area contributed by atoms with E-state index < -0.39 is 0 Å². The summed E-state index contributed by atoms with van der Waals surface area (Å²) in [6.07, 6.45) is 3.67. The first-order valence-corrected chi connectivity index (χ1v) is 8.35. The largest absolute Gasteiger partial charge is 0.463 e. The molecule has 1 aliphatic heterocycles. The zero-order valence-corrected chi connectivity index (χ0v) is 15.0. The average Bonchev–Trinajstić information content (AvgIpc) is 2.63. The molecule has 0 amide bonds. The van der Waals surface area contributed by atoms with Gasteiger partial charge in [-0.15, -0.1) is 0 Å². The Morgan fingerprint density at radius 1 is 1.18 bits per heavy atom. The second kappa shape index (κ2) is 7.65. The third-order valence-electron chi connectivity index (χ3n) is 4.66. The molecule has 0 spiro atoms. The molecule has 5 heteroatoms. The summed E-state index contributed by atoms with van der Waals surface area (Å²) in [5, 5.41) is 0. The molecule has 0 aromatic carbocycles. The highest BCUT2D eigenvalue weighted by atomic mass is 16.7. The number of carbonyl (C=O) groups is 1. The van der Waals surface area contributed by atoms with Gasteiger partial charge in [-0.05, 0) is 46.9 Å². The molecule has 1 unspecified atom stereocenters. The van der Waals surface area contributed by atoms with Gasteiger partial charge in [0, 0.05) is 5.57 Å². The third-order valence-corrected chi connectivity index (χ3v) is 4.66. The van der Waals surface area contributed by atoms with E-state index >= 15 is 0 Å². The van der Waals surface area contributed by atoms with Gasteiger partial charge in [-0.1, -0.05) is 32.8 Å². The molecule has 0 aromatic rings. The lowest BCUT2D eigenvalue weighted by Gasteiger charge is -2.32. The van der Waals surface area contributed by atoms with Crippen LogP contribution in [-0.2, 0) is 18.8 Å². The lowest BCUT2D eigenvalue weighted by Crippen LogP contribution is -2.41. The molecule has 0 aromatic heterocycles. The standard InChI is InChI=1S/C17H31BO4/c1-8-10-11-14(12-13(3)15(19)20-9-2)18-21-16(4,5)17(6,7)22-18/h14H,3,8-12H2,1-2,4-7H3. The molecular formula is C17H31BO4. The number of esters is 1. The van der Waals surface area contributed by atoms with Gasteiger partial charge in [-0.2, -0.15) is 0 Å². The SMILES string of the molecule is C=C(CC(CCCC)B1OC(C)(C)C(C)(C)O1)C(=O)OCC. The Kier molecular flexibility index (Phi) is 6.69. The minimum atomic E-state index is -0.354. The molecule has 126 valence electrons. The molecule has 0 saturated carbocycles. The van der Waals surface area contributed by atoms with Crippen molar-refractivity contribution in [1.82, 2.24) is 0 Å². The first kappa shape index (κ1) is 19.2. The molecule has 4 nitrogen and oxygen atoms in total. The first-order valence-electron chi connectivity index (χ1n) is 8.35. The van der Waals surface area contributed by atoms with E-state index in [9.17, 15) is 4.79 Å². The van der Waals surface area contributed by atoms with Crippen LogP contribution >= 0.6 is 0 Å². The summed E-state index contributed by atoms with van der Waals surface area (Å²) in [5.41, 5.74) is -0.210. The molecule has 22 heavy (non-hydrogen) atoms. The highest BCUT2D eigenvalue weighted by Crippen LogP contribution is 2.42. The van der Waals surface area contributed by atoms with Crippen molar-refractivity contribution >= 4 is 13.1 Å². The quantitative estimate of drug-likeness (QED) is 0.384. The van der Waals surface area contributed by atoms with Gasteiger partial charge in [-0.25, -0.2) is 4.79 Å². The van der Waals surface area contributed by atoms with Crippen molar-refractivity contribution in [2.45, 2.75) is 84.2 Å². The molecule has 1 rings (SSSR count). The molecule has 1 heterocycles. The Morgan fingerprint density at radius 3 is 2.18 bits per heavy atom. The highest BCUT2D eigenvalue weighted by Gasteiger charge is 2.53. The fourth-order valence-corrected chi connectivity index (χ4v) is 2.51. The van der Waals surface area contributed by atoms with Crippen LogP contribution in [0.2, 0.25) is 5.82 Å². The fraction of sp³-hybridized carbons (Fsp3) is 0.824. The van der Waals surface area contributed by atoms with Crippen molar-refractivity contribution in [3.05, 3.63) is 12.2 Å². The zero-order chi connectivity index (χ0) is 17.0. The van der Waals surface area contributed by atoms with Crippen LogP contribution in [0.5, 0.6) is 0 Å². The average molecular weight is 310 g/mol. The minimum Gasteiger partial charge on any atom is -0.463 e. The van der Waals surface area contributed by atoms with Crippen LogP contribution in [0.1, 0.15) is 67.2 Å². The topological polar surface area (TPSA) is 44.8 Å². The van der Waals surface area contributed by atoms with Gasteiger partial charge in [0.2, 0.25) is 0 Å². The van der Waals surface area contributed by atoms with E-state index in [-0.39, 0.29) is 30.1 Å². The lowest BCUT2D eigenvalue weighted by atomic mass is 9.66. The minimum absolute atomic E-state index is 0.123. The van der Waals surface area contributed by atoms with Crippen LogP contribution in [0.15, 0.2) is 12.2 Å². The van der Waals surface area contributed by atoms with Gasteiger partial charge in [0.25, 0.3) is 0 Å². The van der Waals surface area contributed by atoms with Gasteiger partial charge in [0.05, 0.1) is 17.8 Å². The summed E-state index contributed by atoms with van der Waals surface area (Å²) in [5.74, 6) is -0.196. The number of carbonyl (C=O) groups excluding carboxylic acids is 1. The molecular weight excluding hydrogens is 279 g/mol. The van der Waals surface area contributed by atoms with Gasteiger partial charge >= 0.3 is 13.1 Å². The molecule has 1 fully saturated rings. The molecule has 0 N–H and O–H groups in total. The van der Waals surface area contributed by atoms with Crippen LogP contribution in [0.25, 0.3) is 0 Å². The van der Waals surface area contributed by atoms with E-state index in [1.54, 1.807) is 6.92 Å². The maximum absolute atomic E-state index is 11.8. The second-order valence-electron chi connectivity index (χ2n) is 7.06. The van der Waals surface area contributed by atoms with Crippen LogP contribution in [0, 0.1) is 0 Å². The molecule has 1 atom stereocenters. The number of ether oxygens (including phenoxy) is 1. The summed E-state index contributed by atoms with van der Waals surface area (Å²) >= 11 is 0. The Morgan fingerprint density at radius 2 is 1.73 bits per heavy atom. The van der Waals surface area contributed by atoms with E-state index in [0.29, 0.717) is 18.6 Å². The number of hydrogen-bond acceptors (Lipinski definition) is 4. The van der Waals surface area contributed by atoms with Gasteiger partial charge in [-0.3, -0.25) is 0 Å². The summed E-state index contributed by atoms with van der Waals surface area (Å²) in [6, 6.07) is 0. The van der Waals surface area contributed by atoms with E-state index in [0.717, 1.165) is 19.3 Å². The molecule has 0 aliphatic carbocycles. The van der Waals surface area contributed by atoms with Crippen LogP contribution in [0.4, 0.5) is 0 Å². The third kappa shape index (κ3) is 4.59. The van der Waals surface area contributed by atoms with Crippen molar-refractivity contribution in [3.63, 3.8) is 0 Å². The smallest absolute Gasteiger partial charge is 0.461 e. The van der Waals surface area contributed by atoms with E-state index in [1.807, 2.05) is 27.7 Å².